The van der Waals surface area contributed by atoms with Gasteiger partial charge in [-0.05, 0) is 49.4 Å². The molecule has 0 saturated carbocycles. The van der Waals surface area contributed by atoms with Crippen molar-refractivity contribution in [3.8, 4) is 17.1 Å². The summed E-state index contributed by atoms with van der Waals surface area (Å²) in [5.74, 6) is 1.14. The van der Waals surface area contributed by atoms with Crippen molar-refractivity contribution < 1.29 is 9.53 Å². The van der Waals surface area contributed by atoms with Crippen LogP contribution in [-0.2, 0) is 4.79 Å². The Morgan fingerprint density at radius 2 is 1.81 bits per heavy atom. The summed E-state index contributed by atoms with van der Waals surface area (Å²) in [6, 6.07) is 14.5. The molecule has 7 nitrogen and oxygen atoms in total. The highest BCUT2D eigenvalue weighted by Crippen LogP contribution is 2.28. The number of piperazine rings is 1. The normalized spacial score (nSPS) is 14.9. The van der Waals surface area contributed by atoms with Crippen LogP contribution in [0.25, 0.3) is 11.4 Å². The summed E-state index contributed by atoms with van der Waals surface area (Å²) in [7, 11) is 0. The van der Waals surface area contributed by atoms with Gasteiger partial charge in [0.05, 0.1) is 10.7 Å². The van der Waals surface area contributed by atoms with E-state index in [2.05, 4.69) is 20.1 Å². The molecule has 9 heteroatoms. The van der Waals surface area contributed by atoms with Gasteiger partial charge in [-0.3, -0.25) is 9.78 Å². The van der Waals surface area contributed by atoms with E-state index in [0.717, 1.165) is 17.2 Å². The van der Waals surface area contributed by atoms with Gasteiger partial charge < -0.3 is 14.5 Å². The zero-order valence-corrected chi connectivity index (χ0v) is 18.4. The van der Waals surface area contributed by atoms with Gasteiger partial charge in [0.2, 0.25) is 0 Å². The van der Waals surface area contributed by atoms with Crippen LogP contribution in [0.15, 0.2) is 54.7 Å². The first kappa shape index (κ1) is 21.3. The average Bonchev–Trinajstić information content (AvgIpc) is 2.81. The Morgan fingerprint density at radius 1 is 1.00 bits per heavy atom. The van der Waals surface area contributed by atoms with Gasteiger partial charge >= 0.3 is 0 Å². The van der Waals surface area contributed by atoms with Crippen LogP contribution in [0.3, 0.4) is 0 Å². The van der Waals surface area contributed by atoms with E-state index in [1.807, 2.05) is 30.3 Å². The number of nitrogens with zero attached hydrogens (tertiary/aromatic N) is 5. The molecule has 0 aliphatic carbocycles. The van der Waals surface area contributed by atoms with Crippen LogP contribution in [0.2, 0.25) is 10.0 Å². The van der Waals surface area contributed by atoms with Crippen molar-refractivity contribution in [2.24, 2.45) is 0 Å². The third-order valence-corrected chi connectivity index (χ3v) is 5.57. The lowest BCUT2D eigenvalue weighted by Gasteiger charge is -2.36. The summed E-state index contributed by atoms with van der Waals surface area (Å²) in [6.45, 7) is 4.20. The van der Waals surface area contributed by atoms with Gasteiger partial charge in [-0.15, -0.1) is 10.2 Å². The molecule has 1 aliphatic heterocycles. The predicted octanol–water partition coefficient (Wildman–Crippen LogP) is 3.96. The van der Waals surface area contributed by atoms with E-state index in [9.17, 15) is 4.79 Å². The Morgan fingerprint density at radius 3 is 2.45 bits per heavy atom. The van der Waals surface area contributed by atoms with E-state index >= 15 is 0 Å². The van der Waals surface area contributed by atoms with Crippen LogP contribution in [0.1, 0.15) is 6.92 Å². The topological polar surface area (TPSA) is 71.5 Å². The first-order valence-corrected chi connectivity index (χ1v) is 10.7. The smallest absolute Gasteiger partial charge is 0.263 e. The number of rotatable bonds is 5. The summed E-state index contributed by atoms with van der Waals surface area (Å²) in [6.07, 6.45) is 1.08. The Labute approximate surface area is 190 Å². The molecular formula is C22H21Cl2N5O2. The van der Waals surface area contributed by atoms with Gasteiger partial charge in [0.1, 0.15) is 11.4 Å². The molecule has 1 atom stereocenters. The number of aromatic nitrogens is 3. The number of anilines is 1. The molecule has 1 aromatic carbocycles. The quantitative estimate of drug-likeness (QED) is 0.577. The van der Waals surface area contributed by atoms with Crippen LogP contribution in [0, 0.1) is 0 Å². The number of amides is 1. The van der Waals surface area contributed by atoms with Gasteiger partial charge in [-0.1, -0.05) is 29.3 Å². The van der Waals surface area contributed by atoms with Gasteiger partial charge in [0.25, 0.3) is 5.91 Å². The second kappa shape index (κ2) is 9.49. The fraction of sp³-hybridized carbons (Fsp3) is 0.273. The maximum absolute atomic E-state index is 12.8. The molecule has 1 fully saturated rings. The lowest BCUT2D eigenvalue weighted by Crippen LogP contribution is -2.52. The van der Waals surface area contributed by atoms with Crippen molar-refractivity contribution in [2.45, 2.75) is 13.0 Å². The number of hydrogen-bond donors (Lipinski definition) is 0. The fourth-order valence-electron chi connectivity index (χ4n) is 3.37. The highest BCUT2D eigenvalue weighted by molar-refractivity contribution is 6.35. The van der Waals surface area contributed by atoms with E-state index < -0.39 is 6.10 Å². The first-order chi connectivity index (χ1) is 15.0. The summed E-state index contributed by atoms with van der Waals surface area (Å²) < 4.78 is 5.76. The van der Waals surface area contributed by atoms with Crippen molar-refractivity contribution in [1.82, 2.24) is 20.1 Å². The number of carbonyl (C=O) groups is 1. The SMILES string of the molecule is CC(Oc1ccc(Cl)cc1Cl)C(=O)N1CCN(c2ccc(-c3ccccn3)nn2)CC1. The van der Waals surface area contributed by atoms with Crippen LogP contribution < -0.4 is 9.64 Å². The van der Waals surface area contributed by atoms with Crippen LogP contribution in [0.5, 0.6) is 5.75 Å². The van der Waals surface area contributed by atoms with E-state index in [0.29, 0.717) is 42.0 Å². The Kier molecular flexibility index (Phi) is 6.53. The summed E-state index contributed by atoms with van der Waals surface area (Å²) in [5, 5.41) is 9.53. The maximum atomic E-state index is 12.8. The second-order valence-corrected chi connectivity index (χ2v) is 7.98. The summed E-state index contributed by atoms with van der Waals surface area (Å²) >= 11 is 12.1. The van der Waals surface area contributed by atoms with Gasteiger partial charge in [-0.2, -0.15) is 0 Å². The van der Waals surface area contributed by atoms with Crippen molar-refractivity contribution >= 4 is 34.9 Å². The Balaban J connectivity index is 1.33. The molecule has 0 radical (unpaired) electrons. The van der Waals surface area contributed by atoms with Crippen LogP contribution in [-0.4, -0.2) is 58.3 Å². The molecule has 31 heavy (non-hydrogen) atoms. The Hall–Kier alpha value is -2.90. The van der Waals surface area contributed by atoms with Crippen molar-refractivity contribution in [1.29, 1.82) is 0 Å². The first-order valence-electron chi connectivity index (χ1n) is 9.92. The molecule has 160 valence electrons. The number of halogens is 2. The largest absolute Gasteiger partial charge is 0.479 e. The monoisotopic (exact) mass is 457 g/mol. The molecule has 1 aliphatic rings. The van der Waals surface area contributed by atoms with Crippen molar-refractivity contribution in [3.05, 3.63) is 64.8 Å². The summed E-state index contributed by atoms with van der Waals surface area (Å²) in [5.41, 5.74) is 1.51. The predicted molar refractivity (Wildman–Crippen MR) is 121 cm³/mol. The van der Waals surface area contributed by atoms with Crippen molar-refractivity contribution in [3.63, 3.8) is 0 Å². The minimum atomic E-state index is -0.650. The fourth-order valence-corrected chi connectivity index (χ4v) is 3.82. The van der Waals surface area contributed by atoms with E-state index in [1.165, 1.54) is 0 Å². The molecule has 1 saturated heterocycles. The van der Waals surface area contributed by atoms with Crippen LogP contribution in [0.4, 0.5) is 5.82 Å². The number of carbonyl (C=O) groups excluding carboxylic acids is 1. The lowest BCUT2D eigenvalue weighted by molar-refractivity contribution is -0.138. The van der Waals surface area contributed by atoms with Crippen molar-refractivity contribution in [2.75, 3.05) is 31.1 Å². The van der Waals surface area contributed by atoms with E-state index in [4.69, 9.17) is 27.9 Å². The molecular weight excluding hydrogens is 437 g/mol. The number of benzene rings is 1. The summed E-state index contributed by atoms with van der Waals surface area (Å²) in [4.78, 5) is 21.0. The molecule has 3 aromatic rings. The molecule has 1 unspecified atom stereocenters. The maximum Gasteiger partial charge on any atom is 0.263 e. The third-order valence-electron chi connectivity index (χ3n) is 5.04. The highest BCUT2D eigenvalue weighted by atomic mass is 35.5. The number of pyridine rings is 1. The van der Waals surface area contributed by atoms with Gasteiger partial charge in [0, 0.05) is 37.4 Å². The second-order valence-electron chi connectivity index (χ2n) is 7.14. The molecule has 0 bridgehead atoms. The van der Waals surface area contributed by atoms with E-state index in [-0.39, 0.29) is 5.91 Å². The average molecular weight is 458 g/mol. The molecule has 1 amide bonds. The zero-order valence-electron chi connectivity index (χ0n) is 16.9. The number of hydrogen-bond acceptors (Lipinski definition) is 6. The van der Waals surface area contributed by atoms with Gasteiger partial charge in [-0.25, -0.2) is 0 Å². The molecule has 0 spiro atoms. The molecule has 0 N–H and O–H groups in total. The minimum absolute atomic E-state index is 0.0812. The molecule has 2 aromatic heterocycles. The highest BCUT2D eigenvalue weighted by Gasteiger charge is 2.27. The molecule has 4 rings (SSSR count). The third kappa shape index (κ3) is 5.06. The number of ether oxygens (including phenoxy) is 1. The lowest BCUT2D eigenvalue weighted by atomic mass is 10.2. The van der Waals surface area contributed by atoms with Gasteiger partial charge in [0.15, 0.2) is 11.9 Å². The standard InChI is InChI=1S/C22H21Cl2N5O2/c1-15(31-20-7-5-16(23)14-17(20)24)22(30)29-12-10-28(11-13-29)21-8-6-19(26-27-21)18-4-2-3-9-25-18/h2-9,14-15H,10-13H2,1H3. The molecule has 3 heterocycles. The Bertz CT molecular complexity index is 1040. The minimum Gasteiger partial charge on any atom is -0.479 e. The van der Waals surface area contributed by atoms with Crippen LogP contribution >= 0.6 is 23.2 Å². The van der Waals surface area contributed by atoms with E-state index in [1.54, 1.807) is 36.2 Å². The zero-order chi connectivity index (χ0) is 21.8.